The van der Waals surface area contributed by atoms with Gasteiger partial charge in [0.15, 0.2) is 0 Å². The van der Waals surface area contributed by atoms with Crippen molar-refractivity contribution in [3.05, 3.63) is 34.3 Å². The van der Waals surface area contributed by atoms with Crippen molar-refractivity contribution in [2.45, 2.75) is 43.9 Å². The van der Waals surface area contributed by atoms with E-state index >= 15 is 0 Å². The summed E-state index contributed by atoms with van der Waals surface area (Å²) >= 11 is 5.68. The zero-order chi connectivity index (χ0) is 13.0. The van der Waals surface area contributed by atoms with E-state index in [2.05, 4.69) is 71.1 Å². The monoisotopic (exact) mass is 327 g/mol. The van der Waals surface area contributed by atoms with E-state index < -0.39 is 0 Å². The molecule has 0 bridgehead atoms. The lowest BCUT2D eigenvalue weighted by atomic mass is 10.0. The molecule has 0 aliphatic carbocycles. The van der Waals surface area contributed by atoms with Gasteiger partial charge < -0.3 is 5.32 Å². The highest BCUT2D eigenvalue weighted by atomic mass is 79.9. The first-order chi connectivity index (χ1) is 8.63. The van der Waals surface area contributed by atoms with Gasteiger partial charge >= 0.3 is 0 Å². The molecule has 0 amide bonds. The number of halogens is 1. The average Bonchev–Trinajstić information content (AvgIpc) is 2.77. The van der Waals surface area contributed by atoms with Crippen LogP contribution in [0.15, 0.2) is 28.7 Å². The van der Waals surface area contributed by atoms with Crippen LogP contribution < -0.4 is 5.32 Å². The molecule has 1 N–H and O–H groups in total. The van der Waals surface area contributed by atoms with Crippen LogP contribution in [0.3, 0.4) is 0 Å². The maximum atomic E-state index is 3.75. The summed E-state index contributed by atoms with van der Waals surface area (Å²) in [5.41, 5.74) is 1.39. The summed E-state index contributed by atoms with van der Waals surface area (Å²) in [4.78, 5) is 0. The van der Waals surface area contributed by atoms with Crippen molar-refractivity contribution in [1.82, 2.24) is 5.32 Å². The minimum absolute atomic E-state index is 0.444. The standard InChI is InChI=1S/C15H22BrNS/c1-3-14(12-6-4-7-13(16)10-12)17-11-15(2)8-5-9-18-15/h4,6-7,10,14,17H,3,5,8-9,11H2,1-2H3. The van der Waals surface area contributed by atoms with Crippen LogP contribution in [-0.2, 0) is 0 Å². The van der Waals surface area contributed by atoms with Crippen LogP contribution in [0.5, 0.6) is 0 Å². The molecule has 1 heterocycles. The smallest absolute Gasteiger partial charge is 0.0318 e. The van der Waals surface area contributed by atoms with Gasteiger partial charge in [-0.2, -0.15) is 11.8 Å². The Morgan fingerprint density at radius 2 is 2.33 bits per heavy atom. The lowest BCUT2D eigenvalue weighted by molar-refractivity contribution is 0.462. The van der Waals surface area contributed by atoms with Crippen molar-refractivity contribution >= 4 is 27.7 Å². The Morgan fingerprint density at radius 3 is 2.94 bits per heavy atom. The highest BCUT2D eigenvalue weighted by Crippen LogP contribution is 2.37. The molecule has 18 heavy (non-hydrogen) atoms. The van der Waals surface area contributed by atoms with E-state index in [-0.39, 0.29) is 0 Å². The Balaban J connectivity index is 1.97. The molecular formula is C15H22BrNS. The molecule has 1 aromatic rings. The van der Waals surface area contributed by atoms with Crippen LogP contribution in [0.2, 0.25) is 0 Å². The quantitative estimate of drug-likeness (QED) is 0.835. The predicted molar refractivity (Wildman–Crippen MR) is 85.3 cm³/mol. The molecule has 0 spiro atoms. The van der Waals surface area contributed by atoms with Crippen molar-refractivity contribution in [2.75, 3.05) is 12.3 Å². The van der Waals surface area contributed by atoms with Crippen LogP contribution in [0.1, 0.15) is 44.7 Å². The first-order valence-corrected chi connectivity index (χ1v) is 8.54. The summed E-state index contributed by atoms with van der Waals surface area (Å²) in [5.74, 6) is 1.33. The summed E-state index contributed by atoms with van der Waals surface area (Å²) in [6, 6.07) is 9.13. The van der Waals surface area contributed by atoms with E-state index in [9.17, 15) is 0 Å². The van der Waals surface area contributed by atoms with Crippen molar-refractivity contribution in [1.29, 1.82) is 0 Å². The van der Waals surface area contributed by atoms with Crippen LogP contribution in [0.4, 0.5) is 0 Å². The highest BCUT2D eigenvalue weighted by molar-refractivity contribution is 9.10. The van der Waals surface area contributed by atoms with Gasteiger partial charge in [-0.05, 0) is 49.6 Å². The minimum Gasteiger partial charge on any atom is -0.309 e. The third kappa shape index (κ3) is 3.75. The Kier molecular flexibility index (Phi) is 5.16. The lowest BCUT2D eigenvalue weighted by Crippen LogP contribution is -2.35. The first-order valence-electron chi connectivity index (χ1n) is 6.76. The van der Waals surface area contributed by atoms with Crippen LogP contribution >= 0.6 is 27.7 Å². The Hall–Kier alpha value is 0.01000. The summed E-state index contributed by atoms with van der Waals surface area (Å²) in [5, 5.41) is 3.75. The zero-order valence-corrected chi connectivity index (χ0v) is 13.6. The largest absolute Gasteiger partial charge is 0.309 e. The summed E-state index contributed by atoms with van der Waals surface area (Å²) in [7, 11) is 0. The average molecular weight is 328 g/mol. The Morgan fingerprint density at radius 1 is 1.50 bits per heavy atom. The predicted octanol–water partition coefficient (Wildman–Crippen LogP) is 4.78. The molecule has 1 nitrogen and oxygen atoms in total. The summed E-state index contributed by atoms with van der Waals surface area (Å²) in [6.07, 6.45) is 3.85. The van der Waals surface area contributed by atoms with Gasteiger partial charge in [0, 0.05) is 21.8 Å². The molecule has 1 saturated heterocycles. The molecule has 1 aliphatic heterocycles. The second-order valence-corrected chi connectivity index (χ2v) is 7.90. The molecule has 2 unspecified atom stereocenters. The van der Waals surface area contributed by atoms with Crippen molar-refractivity contribution < 1.29 is 0 Å². The second-order valence-electron chi connectivity index (χ2n) is 5.30. The fraction of sp³-hybridized carbons (Fsp3) is 0.600. The van der Waals surface area contributed by atoms with Gasteiger partial charge in [-0.15, -0.1) is 0 Å². The SMILES string of the molecule is CCC(NCC1(C)CCCS1)c1cccc(Br)c1. The maximum absolute atomic E-state index is 3.75. The van der Waals surface area contributed by atoms with E-state index in [1.807, 2.05) is 0 Å². The molecule has 1 fully saturated rings. The van der Waals surface area contributed by atoms with Crippen LogP contribution in [0.25, 0.3) is 0 Å². The van der Waals surface area contributed by atoms with Crippen LogP contribution in [-0.4, -0.2) is 17.0 Å². The molecule has 100 valence electrons. The third-order valence-corrected chi connectivity index (χ3v) is 5.71. The van der Waals surface area contributed by atoms with Gasteiger partial charge in [0.2, 0.25) is 0 Å². The fourth-order valence-electron chi connectivity index (χ4n) is 2.54. The van der Waals surface area contributed by atoms with E-state index in [4.69, 9.17) is 0 Å². The molecule has 2 atom stereocenters. The molecule has 0 aromatic heterocycles. The second kappa shape index (κ2) is 6.44. The minimum atomic E-state index is 0.444. The van der Waals surface area contributed by atoms with E-state index in [0.29, 0.717) is 10.8 Å². The van der Waals surface area contributed by atoms with Crippen LogP contribution in [0, 0.1) is 0 Å². The number of hydrogen-bond acceptors (Lipinski definition) is 2. The molecular weight excluding hydrogens is 306 g/mol. The maximum Gasteiger partial charge on any atom is 0.0318 e. The molecule has 3 heteroatoms. The molecule has 1 aliphatic rings. The van der Waals surface area contributed by atoms with E-state index in [0.717, 1.165) is 13.0 Å². The lowest BCUT2D eigenvalue weighted by Gasteiger charge is -2.27. The normalized spacial score (nSPS) is 25.3. The molecule has 0 radical (unpaired) electrons. The summed E-state index contributed by atoms with van der Waals surface area (Å²) in [6.45, 7) is 5.76. The van der Waals surface area contributed by atoms with Gasteiger partial charge in [0.25, 0.3) is 0 Å². The fourth-order valence-corrected chi connectivity index (χ4v) is 4.21. The molecule has 1 aromatic carbocycles. The first kappa shape index (κ1) is 14.4. The third-order valence-electron chi connectivity index (χ3n) is 3.68. The number of rotatable bonds is 5. The van der Waals surface area contributed by atoms with Gasteiger partial charge in [-0.1, -0.05) is 35.0 Å². The number of benzene rings is 1. The highest BCUT2D eigenvalue weighted by Gasteiger charge is 2.29. The van der Waals surface area contributed by atoms with Gasteiger partial charge in [-0.25, -0.2) is 0 Å². The molecule has 0 saturated carbocycles. The number of nitrogens with one attached hydrogen (secondary N) is 1. The van der Waals surface area contributed by atoms with Crippen molar-refractivity contribution in [3.63, 3.8) is 0 Å². The van der Waals surface area contributed by atoms with Gasteiger partial charge in [0.1, 0.15) is 0 Å². The van der Waals surface area contributed by atoms with Crippen molar-refractivity contribution in [3.8, 4) is 0 Å². The van der Waals surface area contributed by atoms with Gasteiger partial charge in [-0.3, -0.25) is 0 Å². The van der Waals surface area contributed by atoms with E-state index in [1.54, 1.807) is 0 Å². The number of hydrogen-bond donors (Lipinski definition) is 1. The number of thioether (sulfide) groups is 1. The Bertz CT molecular complexity index is 388. The zero-order valence-electron chi connectivity index (χ0n) is 11.2. The van der Waals surface area contributed by atoms with E-state index in [1.165, 1.54) is 28.6 Å². The Labute approximate surface area is 123 Å². The van der Waals surface area contributed by atoms with Crippen molar-refractivity contribution in [2.24, 2.45) is 0 Å². The molecule has 2 rings (SSSR count). The summed E-state index contributed by atoms with van der Waals surface area (Å²) < 4.78 is 1.61. The van der Waals surface area contributed by atoms with Gasteiger partial charge in [0.05, 0.1) is 0 Å². The topological polar surface area (TPSA) is 12.0 Å².